The van der Waals surface area contributed by atoms with Gasteiger partial charge in [0.2, 0.25) is 5.91 Å². The van der Waals surface area contributed by atoms with Crippen LogP contribution in [0.15, 0.2) is 67.0 Å². The minimum atomic E-state index is -0.278. The molecule has 1 aromatic heterocycles. The largest absolute Gasteiger partial charge is 0.326 e. The molecule has 1 saturated heterocycles. The molecule has 0 saturated carbocycles. The topological polar surface area (TPSA) is 45.2 Å². The highest BCUT2D eigenvalue weighted by molar-refractivity contribution is 6.31. The van der Waals surface area contributed by atoms with Crippen LogP contribution in [0.4, 0.5) is 10.1 Å². The molecule has 1 amide bonds. The zero-order valence-electron chi connectivity index (χ0n) is 17.2. The van der Waals surface area contributed by atoms with Crippen molar-refractivity contribution in [2.75, 3.05) is 18.4 Å². The van der Waals surface area contributed by atoms with Gasteiger partial charge in [-0.05, 0) is 79.9 Å². The summed E-state index contributed by atoms with van der Waals surface area (Å²) in [5, 5.41) is 3.49. The van der Waals surface area contributed by atoms with Crippen LogP contribution >= 0.6 is 11.6 Å². The fraction of sp³-hybridized carbons (Fsp3) is 0.280. The highest BCUT2D eigenvalue weighted by Gasteiger charge is 2.26. The molecule has 0 atom stereocenters. The molecule has 2 aromatic carbocycles. The number of piperidine rings is 1. The number of amides is 1. The van der Waals surface area contributed by atoms with Crippen molar-refractivity contribution in [1.82, 2.24) is 9.88 Å². The molecular weight excluding hydrogens is 413 g/mol. The van der Waals surface area contributed by atoms with Crippen molar-refractivity contribution >= 4 is 23.2 Å². The Bertz CT molecular complexity index is 998. The van der Waals surface area contributed by atoms with E-state index in [1.54, 1.807) is 24.5 Å². The smallest absolute Gasteiger partial charge is 0.227 e. The first-order valence-electron chi connectivity index (χ1n) is 10.5. The molecule has 2 heterocycles. The Morgan fingerprint density at radius 1 is 1.03 bits per heavy atom. The fourth-order valence-corrected chi connectivity index (χ4v) is 4.17. The van der Waals surface area contributed by atoms with E-state index in [1.807, 2.05) is 36.4 Å². The van der Waals surface area contributed by atoms with Crippen molar-refractivity contribution in [3.63, 3.8) is 0 Å². The average Bonchev–Trinajstić information content (AvgIpc) is 2.79. The van der Waals surface area contributed by atoms with E-state index in [4.69, 9.17) is 11.6 Å². The Labute approximate surface area is 187 Å². The maximum absolute atomic E-state index is 14.0. The number of aromatic nitrogens is 1. The quantitative estimate of drug-likeness (QED) is 0.568. The highest BCUT2D eigenvalue weighted by atomic mass is 35.5. The van der Waals surface area contributed by atoms with Gasteiger partial charge in [-0.2, -0.15) is 0 Å². The van der Waals surface area contributed by atoms with E-state index in [-0.39, 0.29) is 17.6 Å². The minimum Gasteiger partial charge on any atom is -0.326 e. The Hall–Kier alpha value is -2.76. The van der Waals surface area contributed by atoms with Crippen LogP contribution in [0.3, 0.4) is 0 Å². The molecule has 3 aromatic rings. The minimum absolute atomic E-state index is 0.0381. The summed E-state index contributed by atoms with van der Waals surface area (Å²) < 4.78 is 14.0. The normalized spacial score (nSPS) is 15.0. The van der Waals surface area contributed by atoms with Gasteiger partial charge in [0.25, 0.3) is 0 Å². The van der Waals surface area contributed by atoms with E-state index >= 15 is 0 Å². The number of anilines is 1. The van der Waals surface area contributed by atoms with E-state index in [2.05, 4.69) is 15.2 Å². The van der Waals surface area contributed by atoms with Crippen LogP contribution in [0.5, 0.6) is 0 Å². The number of nitrogens with one attached hydrogen (secondary N) is 1. The van der Waals surface area contributed by atoms with Crippen molar-refractivity contribution in [3.8, 4) is 0 Å². The predicted molar refractivity (Wildman–Crippen MR) is 122 cm³/mol. The highest BCUT2D eigenvalue weighted by Crippen LogP contribution is 2.25. The lowest BCUT2D eigenvalue weighted by Crippen LogP contribution is -2.38. The number of carbonyl (C=O) groups excluding carboxylic acids is 1. The van der Waals surface area contributed by atoms with Gasteiger partial charge in [-0.25, -0.2) is 4.39 Å². The predicted octanol–water partition coefficient (Wildman–Crippen LogP) is 5.32. The first kappa shape index (κ1) is 21.5. The second-order valence-electron chi connectivity index (χ2n) is 7.97. The van der Waals surface area contributed by atoms with Crippen molar-refractivity contribution in [2.45, 2.75) is 25.8 Å². The average molecular weight is 438 g/mol. The maximum atomic E-state index is 14.0. The molecule has 1 fully saturated rings. The van der Waals surface area contributed by atoms with Crippen LogP contribution in [0.2, 0.25) is 5.02 Å². The lowest BCUT2D eigenvalue weighted by molar-refractivity contribution is -0.121. The van der Waals surface area contributed by atoms with Crippen LogP contribution in [-0.4, -0.2) is 28.9 Å². The molecule has 160 valence electrons. The summed E-state index contributed by atoms with van der Waals surface area (Å²) in [6.45, 7) is 1.96. The number of hydrogen-bond acceptors (Lipinski definition) is 3. The molecule has 0 spiro atoms. The van der Waals surface area contributed by atoms with Gasteiger partial charge in [0, 0.05) is 41.1 Å². The monoisotopic (exact) mass is 437 g/mol. The van der Waals surface area contributed by atoms with E-state index in [0.717, 1.165) is 38.0 Å². The van der Waals surface area contributed by atoms with Crippen molar-refractivity contribution in [3.05, 3.63) is 94.5 Å². The zero-order chi connectivity index (χ0) is 21.6. The molecule has 4 nitrogen and oxygen atoms in total. The van der Waals surface area contributed by atoms with E-state index in [1.165, 1.54) is 17.2 Å². The lowest BCUT2D eigenvalue weighted by Gasteiger charge is -2.31. The van der Waals surface area contributed by atoms with Crippen molar-refractivity contribution < 1.29 is 9.18 Å². The van der Waals surface area contributed by atoms with Gasteiger partial charge in [0.15, 0.2) is 0 Å². The number of pyridine rings is 1. The molecule has 1 N–H and O–H groups in total. The summed E-state index contributed by atoms with van der Waals surface area (Å²) in [5.41, 5.74) is 3.72. The van der Waals surface area contributed by atoms with Gasteiger partial charge in [0.1, 0.15) is 5.82 Å². The first-order valence-corrected chi connectivity index (χ1v) is 10.9. The lowest BCUT2D eigenvalue weighted by atomic mass is 9.95. The summed E-state index contributed by atoms with van der Waals surface area (Å²) >= 11 is 6.14. The number of halogens is 2. The molecule has 6 heteroatoms. The second kappa shape index (κ2) is 10.0. The molecule has 31 heavy (non-hydrogen) atoms. The third kappa shape index (κ3) is 5.69. The summed E-state index contributed by atoms with van der Waals surface area (Å²) in [7, 11) is 0. The Morgan fingerprint density at radius 2 is 1.71 bits per heavy atom. The molecule has 1 aliphatic heterocycles. The summed E-state index contributed by atoms with van der Waals surface area (Å²) in [6.07, 6.45) is 5.91. The number of rotatable bonds is 6. The van der Waals surface area contributed by atoms with Crippen LogP contribution in [0.1, 0.15) is 29.5 Å². The first-order chi connectivity index (χ1) is 15.1. The third-order valence-corrected chi connectivity index (χ3v) is 6.13. The van der Waals surface area contributed by atoms with Crippen LogP contribution in [0, 0.1) is 11.7 Å². The van der Waals surface area contributed by atoms with Crippen LogP contribution < -0.4 is 5.32 Å². The number of nitrogens with zero attached hydrogens (tertiary/aromatic N) is 2. The molecule has 0 unspecified atom stereocenters. The standard InChI is InChI=1S/C25H25ClFN3O/c26-23-2-1-3-24(27)22(23)17-30-14-10-20(11-15-30)25(31)29-21-6-4-18(5-7-21)16-19-8-12-28-13-9-19/h1-9,12-13,20H,10-11,14-17H2,(H,29,31). The van der Waals surface area contributed by atoms with Gasteiger partial charge < -0.3 is 5.32 Å². The maximum Gasteiger partial charge on any atom is 0.227 e. The van der Waals surface area contributed by atoms with Crippen LogP contribution in [-0.2, 0) is 17.8 Å². The number of benzene rings is 2. The Balaban J connectivity index is 1.27. The fourth-order valence-electron chi connectivity index (χ4n) is 3.95. The molecule has 4 rings (SSSR count). The van der Waals surface area contributed by atoms with Gasteiger partial charge in [-0.1, -0.05) is 29.8 Å². The summed E-state index contributed by atoms with van der Waals surface area (Å²) in [6, 6.07) is 16.7. The van der Waals surface area contributed by atoms with Gasteiger partial charge in [0.05, 0.1) is 0 Å². The number of likely N-dealkylation sites (tertiary alicyclic amines) is 1. The SMILES string of the molecule is O=C(Nc1ccc(Cc2ccncc2)cc1)C1CCN(Cc2c(F)cccc2Cl)CC1. The Kier molecular flexibility index (Phi) is 6.95. The summed E-state index contributed by atoms with van der Waals surface area (Å²) in [5.74, 6) is -0.269. The number of carbonyl (C=O) groups is 1. The molecule has 0 bridgehead atoms. The van der Waals surface area contributed by atoms with E-state index < -0.39 is 0 Å². The van der Waals surface area contributed by atoms with Crippen LogP contribution in [0.25, 0.3) is 0 Å². The Morgan fingerprint density at radius 3 is 2.39 bits per heavy atom. The van der Waals surface area contributed by atoms with Crippen molar-refractivity contribution in [1.29, 1.82) is 0 Å². The third-order valence-electron chi connectivity index (χ3n) is 5.78. The second-order valence-corrected chi connectivity index (χ2v) is 8.38. The van der Waals surface area contributed by atoms with E-state index in [9.17, 15) is 9.18 Å². The van der Waals surface area contributed by atoms with Crippen molar-refractivity contribution in [2.24, 2.45) is 5.92 Å². The van der Waals surface area contributed by atoms with Gasteiger partial charge in [-0.3, -0.25) is 14.7 Å². The zero-order valence-corrected chi connectivity index (χ0v) is 18.0. The van der Waals surface area contributed by atoms with E-state index in [0.29, 0.717) is 17.1 Å². The number of hydrogen-bond donors (Lipinski definition) is 1. The molecule has 0 radical (unpaired) electrons. The molecular formula is C25H25ClFN3O. The summed E-state index contributed by atoms with van der Waals surface area (Å²) in [4.78, 5) is 18.9. The van der Waals surface area contributed by atoms with Gasteiger partial charge in [-0.15, -0.1) is 0 Å². The molecule has 1 aliphatic rings. The van der Waals surface area contributed by atoms with Gasteiger partial charge >= 0.3 is 0 Å². The molecule has 0 aliphatic carbocycles.